The van der Waals surface area contributed by atoms with Gasteiger partial charge in [-0.2, -0.15) is 0 Å². The Morgan fingerprint density at radius 2 is 1.29 bits per heavy atom. The summed E-state index contributed by atoms with van der Waals surface area (Å²) in [5.41, 5.74) is 2.54. The number of fused-ring (bicyclic) bond motifs is 1. The van der Waals surface area contributed by atoms with Crippen molar-refractivity contribution in [2.45, 2.75) is 0 Å². The molecule has 0 fully saturated rings. The highest BCUT2D eigenvalue weighted by Crippen LogP contribution is 2.36. The summed E-state index contributed by atoms with van der Waals surface area (Å²) in [6.07, 6.45) is 1.57. The summed E-state index contributed by atoms with van der Waals surface area (Å²) in [5.74, 6) is -5.22. The van der Waals surface area contributed by atoms with E-state index in [-0.39, 0.29) is 17.0 Å². The molecule has 41 heavy (non-hydrogen) atoms. The summed E-state index contributed by atoms with van der Waals surface area (Å²) in [6, 6.07) is 18.0. The third-order valence-electron chi connectivity index (χ3n) is 5.49. The van der Waals surface area contributed by atoms with E-state index in [2.05, 4.69) is 14.9 Å². The van der Waals surface area contributed by atoms with E-state index in [1.807, 2.05) is 0 Å². The average Bonchev–Trinajstić information content (AvgIpc) is 3.01. The molecule has 0 aromatic heterocycles. The quantitative estimate of drug-likeness (QED) is 0.128. The monoisotopic (exact) mass is 562 g/mol. The molecule has 212 valence electrons. The number of amides is 1. The van der Waals surface area contributed by atoms with Gasteiger partial charge in [0.2, 0.25) is 5.76 Å². The molecule has 1 amide bonds. The van der Waals surface area contributed by atoms with E-state index in [4.69, 9.17) is 14.2 Å². The Bertz CT molecular complexity index is 1530. The van der Waals surface area contributed by atoms with E-state index in [1.165, 1.54) is 18.2 Å². The van der Waals surface area contributed by atoms with E-state index >= 15 is 0 Å². The number of rotatable bonds is 10. The van der Waals surface area contributed by atoms with Crippen LogP contribution < -0.4 is 10.2 Å². The molecule has 0 aliphatic rings. The molecular formula is C29H26N2O10. The summed E-state index contributed by atoms with van der Waals surface area (Å²) in [6.45, 7) is 0. The predicted octanol–water partition coefficient (Wildman–Crippen LogP) is 3.15. The molecule has 3 rings (SSSR count). The van der Waals surface area contributed by atoms with Crippen LogP contribution in [0.3, 0.4) is 0 Å². The first kappa shape index (κ1) is 29.9. The van der Waals surface area contributed by atoms with Crippen LogP contribution in [0.2, 0.25) is 0 Å². The highest BCUT2D eigenvalue weighted by atomic mass is 16.6. The normalized spacial score (nSPS) is 11.2. The van der Waals surface area contributed by atoms with Crippen molar-refractivity contribution in [3.63, 3.8) is 0 Å². The fraction of sp³-hybridized carbons (Fsp3) is 0.138. The lowest BCUT2D eigenvalue weighted by molar-refractivity contribution is -0.140. The molecule has 0 aliphatic heterocycles. The van der Waals surface area contributed by atoms with E-state index < -0.39 is 41.2 Å². The molecule has 0 bridgehead atoms. The van der Waals surface area contributed by atoms with Gasteiger partial charge in [0, 0.05) is 10.9 Å². The Morgan fingerprint density at radius 3 is 1.93 bits per heavy atom. The van der Waals surface area contributed by atoms with Crippen LogP contribution in [0.15, 0.2) is 90.3 Å². The molecule has 3 aromatic carbocycles. The van der Waals surface area contributed by atoms with Gasteiger partial charge in [-0.05, 0) is 23.6 Å². The van der Waals surface area contributed by atoms with Crippen molar-refractivity contribution in [2.75, 3.05) is 33.9 Å². The van der Waals surface area contributed by atoms with E-state index in [0.717, 1.165) is 45.6 Å². The molecule has 0 aliphatic carbocycles. The van der Waals surface area contributed by atoms with Crippen LogP contribution in [-0.4, -0.2) is 63.2 Å². The van der Waals surface area contributed by atoms with Crippen LogP contribution >= 0.6 is 0 Å². The maximum atomic E-state index is 13.8. The minimum Gasteiger partial charge on any atom is -0.466 e. The maximum Gasteiger partial charge on any atom is 0.374 e. The highest BCUT2D eigenvalue weighted by molar-refractivity contribution is 6.06. The molecule has 0 unspecified atom stereocenters. The summed E-state index contributed by atoms with van der Waals surface area (Å²) in [5, 5.41) is 1.93. The molecule has 0 saturated heterocycles. The molecule has 0 atom stereocenters. The van der Waals surface area contributed by atoms with Crippen LogP contribution in [0.1, 0.15) is 10.4 Å². The lowest BCUT2D eigenvalue weighted by Crippen LogP contribution is -2.39. The molecule has 12 heteroatoms. The van der Waals surface area contributed by atoms with Gasteiger partial charge in [-0.25, -0.2) is 24.2 Å². The number of methoxy groups -OCH3 is 4. The summed E-state index contributed by atoms with van der Waals surface area (Å²) in [4.78, 5) is 63.2. The topological polar surface area (TPSA) is 147 Å². The average molecular weight is 563 g/mol. The number of esters is 4. The van der Waals surface area contributed by atoms with Gasteiger partial charge in [-0.3, -0.25) is 10.2 Å². The Hall–Kier alpha value is -5.65. The Kier molecular flexibility index (Phi) is 10.2. The summed E-state index contributed by atoms with van der Waals surface area (Å²) in [7, 11) is 4.39. The van der Waals surface area contributed by atoms with Gasteiger partial charge in [0.05, 0.1) is 40.6 Å². The van der Waals surface area contributed by atoms with Gasteiger partial charge in [0.1, 0.15) is 5.69 Å². The minimum atomic E-state index is -1.05. The number of nitrogens with one attached hydrogen (secondary N) is 1. The van der Waals surface area contributed by atoms with Crippen molar-refractivity contribution >= 4 is 46.2 Å². The lowest BCUT2D eigenvalue weighted by Gasteiger charge is -2.27. The number of hydrazine groups is 1. The van der Waals surface area contributed by atoms with Gasteiger partial charge in [0.25, 0.3) is 5.91 Å². The second-order valence-electron chi connectivity index (χ2n) is 7.95. The van der Waals surface area contributed by atoms with Crippen molar-refractivity contribution in [1.82, 2.24) is 5.01 Å². The number of hydrogen-bond donors (Lipinski definition) is 1. The summed E-state index contributed by atoms with van der Waals surface area (Å²) >= 11 is 0. The summed E-state index contributed by atoms with van der Waals surface area (Å²) < 4.78 is 24.6. The SMILES string of the molecule is COC(=O)/C=C(\Oc1ccc2ccccc2c1NN(C(=O)c1ccccc1)/C(=C\C(=O)OC)C(=O)OC)C(=O)OC. The van der Waals surface area contributed by atoms with Crippen molar-refractivity contribution in [3.05, 3.63) is 95.9 Å². The van der Waals surface area contributed by atoms with Crippen molar-refractivity contribution in [1.29, 1.82) is 0 Å². The number of carbonyl (C=O) groups excluding carboxylic acids is 5. The number of anilines is 1. The van der Waals surface area contributed by atoms with Gasteiger partial charge < -0.3 is 23.7 Å². The molecule has 0 saturated carbocycles. The fourth-order valence-corrected chi connectivity index (χ4v) is 3.50. The van der Waals surface area contributed by atoms with Gasteiger partial charge >= 0.3 is 23.9 Å². The van der Waals surface area contributed by atoms with Crippen molar-refractivity contribution in [3.8, 4) is 5.75 Å². The molecule has 0 heterocycles. The molecule has 1 N–H and O–H groups in total. The number of ether oxygens (including phenoxy) is 5. The number of benzene rings is 3. The zero-order valence-corrected chi connectivity index (χ0v) is 22.5. The van der Waals surface area contributed by atoms with Crippen LogP contribution in [-0.2, 0) is 38.1 Å². The van der Waals surface area contributed by atoms with Gasteiger partial charge in [0.15, 0.2) is 11.4 Å². The third-order valence-corrected chi connectivity index (χ3v) is 5.49. The zero-order valence-electron chi connectivity index (χ0n) is 22.5. The Balaban J connectivity index is 2.27. The highest BCUT2D eigenvalue weighted by Gasteiger charge is 2.29. The van der Waals surface area contributed by atoms with Gasteiger partial charge in [-0.1, -0.05) is 48.5 Å². The first-order chi connectivity index (χ1) is 19.7. The molecule has 0 radical (unpaired) electrons. The first-order valence-electron chi connectivity index (χ1n) is 11.9. The number of hydrogen-bond acceptors (Lipinski definition) is 11. The molecule has 12 nitrogen and oxygen atoms in total. The maximum absolute atomic E-state index is 13.8. The van der Waals surface area contributed by atoms with E-state index in [9.17, 15) is 24.0 Å². The Morgan fingerprint density at radius 1 is 0.683 bits per heavy atom. The van der Waals surface area contributed by atoms with Crippen molar-refractivity contribution < 1.29 is 47.7 Å². The second-order valence-corrected chi connectivity index (χ2v) is 7.95. The third kappa shape index (κ3) is 7.26. The van der Waals surface area contributed by atoms with Crippen LogP contribution in [0.5, 0.6) is 5.75 Å². The lowest BCUT2D eigenvalue weighted by atomic mass is 10.1. The number of carbonyl (C=O) groups is 5. The zero-order chi connectivity index (χ0) is 29.9. The minimum absolute atomic E-state index is 0.0580. The van der Waals surface area contributed by atoms with Crippen LogP contribution in [0, 0.1) is 0 Å². The van der Waals surface area contributed by atoms with E-state index in [0.29, 0.717) is 10.8 Å². The van der Waals surface area contributed by atoms with Crippen LogP contribution in [0.25, 0.3) is 10.8 Å². The van der Waals surface area contributed by atoms with Crippen molar-refractivity contribution in [2.24, 2.45) is 0 Å². The molecular weight excluding hydrogens is 536 g/mol. The van der Waals surface area contributed by atoms with Crippen LogP contribution in [0.4, 0.5) is 5.69 Å². The molecule has 3 aromatic rings. The number of nitrogens with zero attached hydrogens (tertiary/aromatic N) is 1. The van der Waals surface area contributed by atoms with E-state index in [1.54, 1.807) is 48.5 Å². The Labute approximate surface area is 234 Å². The molecule has 0 spiro atoms. The first-order valence-corrected chi connectivity index (χ1v) is 11.9. The second kappa shape index (κ2) is 13.9. The smallest absolute Gasteiger partial charge is 0.374 e. The standard InChI is InChI=1S/C29H26N2O10/c1-37-24(32)16-21(28(35)39-3)31(27(34)19-11-6-5-7-12-19)30-26-20-13-9-8-10-18(20)14-15-22(26)41-23(29(36)40-4)17-25(33)38-2/h5-17,30H,1-4H3/b21-16-,23-17-. The predicted molar refractivity (Wildman–Crippen MR) is 145 cm³/mol. The fourth-order valence-electron chi connectivity index (χ4n) is 3.50. The largest absolute Gasteiger partial charge is 0.466 e. The van der Waals surface area contributed by atoms with Gasteiger partial charge in [-0.15, -0.1) is 0 Å².